The third-order valence-electron chi connectivity index (χ3n) is 2.80. The fourth-order valence-corrected chi connectivity index (χ4v) is 4.94. The summed E-state index contributed by atoms with van der Waals surface area (Å²) in [5.74, 6) is 0. The van der Waals surface area contributed by atoms with Gasteiger partial charge in [0.25, 0.3) is 0 Å². The van der Waals surface area contributed by atoms with Crippen molar-refractivity contribution in [1.29, 1.82) is 0 Å². The monoisotopic (exact) mass is 396 g/mol. The Hall–Kier alpha value is 0.0500. The standard InChI is InChI=1S/C11H14Br2N2O2S/c12-8-3-4-11(10(13)6-8)18(16,17)15-9-2-1-5-14-7-9/h3-4,6,9,14-15H,1-2,5,7H2. The van der Waals surface area contributed by atoms with Crippen LogP contribution in [0.15, 0.2) is 32.0 Å². The number of hydrogen-bond acceptors (Lipinski definition) is 3. The lowest BCUT2D eigenvalue weighted by Gasteiger charge is -2.23. The lowest BCUT2D eigenvalue weighted by atomic mass is 10.1. The average Bonchev–Trinajstić information content (AvgIpc) is 2.29. The number of sulfonamides is 1. The van der Waals surface area contributed by atoms with Gasteiger partial charge in [0.2, 0.25) is 10.0 Å². The maximum Gasteiger partial charge on any atom is 0.241 e. The van der Waals surface area contributed by atoms with Crippen molar-refractivity contribution in [2.45, 2.75) is 23.8 Å². The molecule has 4 nitrogen and oxygen atoms in total. The van der Waals surface area contributed by atoms with Crippen LogP contribution in [0.5, 0.6) is 0 Å². The molecular weight excluding hydrogens is 384 g/mol. The average molecular weight is 398 g/mol. The Morgan fingerprint density at radius 1 is 1.33 bits per heavy atom. The van der Waals surface area contributed by atoms with Gasteiger partial charge in [-0.2, -0.15) is 0 Å². The first-order valence-electron chi connectivity index (χ1n) is 5.67. The number of halogens is 2. The second-order valence-corrected chi connectivity index (χ2v) is 7.69. The van der Waals surface area contributed by atoms with Crippen molar-refractivity contribution in [3.63, 3.8) is 0 Å². The zero-order valence-electron chi connectivity index (χ0n) is 9.62. The smallest absolute Gasteiger partial charge is 0.241 e. The summed E-state index contributed by atoms with van der Waals surface area (Å²) in [6, 6.07) is 5.01. The summed E-state index contributed by atoms with van der Waals surface area (Å²) in [7, 11) is -3.47. The van der Waals surface area contributed by atoms with Gasteiger partial charge >= 0.3 is 0 Å². The minimum atomic E-state index is -3.47. The SMILES string of the molecule is O=S(=O)(NC1CCCNC1)c1ccc(Br)cc1Br. The van der Waals surface area contributed by atoms with Crippen molar-refractivity contribution in [2.24, 2.45) is 0 Å². The summed E-state index contributed by atoms with van der Waals surface area (Å²) in [4.78, 5) is 0.274. The van der Waals surface area contributed by atoms with Crippen molar-refractivity contribution in [3.8, 4) is 0 Å². The molecule has 2 rings (SSSR count). The van der Waals surface area contributed by atoms with E-state index in [9.17, 15) is 8.42 Å². The molecule has 1 unspecified atom stereocenters. The van der Waals surface area contributed by atoms with Crippen LogP contribution < -0.4 is 10.0 Å². The molecule has 1 atom stereocenters. The van der Waals surface area contributed by atoms with Crippen LogP contribution in [-0.4, -0.2) is 27.5 Å². The van der Waals surface area contributed by atoms with Crippen LogP contribution >= 0.6 is 31.9 Å². The Balaban J connectivity index is 2.19. The molecule has 0 aromatic heterocycles. The fourth-order valence-electron chi connectivity index (χ4n) is 1.93. The van der Waals surface area contributed by atoms with Crippen molar-refractivity contribution >= 4 is 41.9 Å². The van der Waals surface area contributed by atoms with E-state index in [1.807, 2.05) is 0 Å². The summed E-state index contributed by atoms with van der Waals surface area (Å²) in [5, 5.41) is 3.19. The molecular formula is C11H14Br2N2O2S. The summed E-state index contributed by atoms with van der Waals surface area (Å²) in [6.07, 6.45) is 1.87. The predicted octanol–water partition coefficient (Wildman–Crippen LogP) is 2.24. The first kappa shape index (κ1) is 14.5. The molecule has 1 aliphatic rings. The quantitative estimate of drug-likeness (QED) is 0.822. The van der Waals surface area contributed by atoms with Gasteiger partial charge in [0.05, 0.1) is 4.90 Å². The molecule has 100 valence electrons. The number of hydrogen-bond donors (Lipinski definition) is 2. The third-order valence-corrected chi connectivity index (χ3v) is 5.79. The first-order valence-corrected chi connectivity index (χ1v) is 8.74. The Morgan fingerprint density at radius 3 is 2.72 bits per heavy atom. The molecule has 1 fully saturated rings. The van der Waals surface area contributed by atoms with Gasteiger partial charge in [-0.05, 0) is 53.5 Å². The molecule has 1 aliphatic heterocycles. The lowest BCUT2D eigenvalue weighted by molar-refractivity contribution is 0.428. The summed E-state index contributed by atoms with van der Waals surface area (Å²) >= 11 is 6.59. The van der Waals surface area contributed by atoms with Gasteiger partial charge < -0.3 is 5.32 Å². The molecule has 1 heterocycles. The second-order valence-electron chi connectivity index (χ2n) is 4.24. The minimum Gasteiger partial charge on any atom is -0.315 e. The van der Waals surface area contributed by atoms with Crippen LogP contribution in [0.2, 0.25) is 0 Å². The zero-order valence-corrected chi connectivity index (χ0v) is 13.6. The molecule has 1 aromatic rings. The summed E-state index contributed by atoms with van der Waals surface area (Å²) in [6.45, 7) is 1.65. The highest BCUT2D eigenvalue weighted by molar-refractivity contribution is 9.11. The normalized spacial score (nSPS) is 20.9. The van der Waals surface area contributed by atoms with Gasteiger partial charge in [0.15, 0.2) is 0 Å². The van der Waals surface area contributed by atoms with Gasteiger partial charge in [-0.15, -0.1) is 0 Å². The Morgan fingerprint density at radius 2 is 2.11 bits per heavy atom. The van der Waals surface area contributed by atoms with Crippen molar-refractivity contribution in [1.82, 2.24) is 10.0 Å². The van der Waals surface area contributed by atoms with Crippen LogP contribution in [0.4, 0.5) is 0 Å². The third kappa shape index (κ3) is 3.54. The summed E-state index contributed by atoms with van der Waals surface area (Å²) < 4.78 is 28.6. The fraction of sp³-hybridized carbons (Fsp3) is 0.455. The van der Waals surface area contributed by atoms with Crippen molar-refractivity contribution < 1.29 is 8.42 Å². The lowest BCUT2D eigenvalue weighted by Crippen LogP contribution is -2.45. The number of piperidine rings is 1. The van der Waals surface area contributed by atoms with Gasteiger partial charge in [0, 0.05) is 21.5 Å². The van der Waals surface area contributed by atoms with Crippen LogP contribution in [0.25, 0.3) is 0 Å². The van der Waals surface area contributed by atoms with Gasteiger partial charge in [-0.1, -0.05) is 15.9 Å². The number of nitrogens with one attached hydrogen (secondary N) is 2. The van der Waals surface area contributed by atoms with E-state index >= 15 is 0 Å². The molecule has 1 aromatic carbocycles. The second kappa shape index (κ2) is 6.00. The molecule has 2 N–H and O–H groups in total. The van der Waals surface area contributed by atoms with Gasteiger partial charge in [-0.3, -0.25) is 0 Å². The first-order chi connectivity index (χ1) is 8.49. The van der Waals surface area contributed by atoms with E-state index in [4.69, 9.17) is 0 Å². The van der Waals surface area contributed by atoms with E-state index < -0.39 is 10.0 Å². The molecule has 0 amide bonds. The van der Waals surface area contributed by atoms with Crippen molar-refractivity contribution in [3.05, 3.63) is 27.1 Å². The van der Waals surface area contributed by atoms with Gasteiger partial charge in [-0.25, -0.2) is 13.1 Å². The van der Waals surface area contributed by atoms with E-state index in [1.54, 1.807) is 18.2 Å². The van der Waals surface area contributed by atoms with E-state index in [-0.39, 0.29) is 10.9 Å². The largest absolute Gasteiger partial charge is 0.315 e. The molecule has 0 saturated carbocycles. The van der Waals surface area contributed by atoms with Crippen LogP contribution in [0, 0.1) is 0 Å². The van der Waals surface area contributed by atoms with Crippen LogP contribution in [0.1, 0.15) is 12.8 Å². The molecule has 7 heteroatoms. The molecule has 0 bridgehead atoms. The molecule has 0 radical (unpaired) electrons. The Labute approximate surface area is 124 Å². The molecule has 18 heavy (non-hydrogen) atoms. The topological polar surface area (TPSA) is 58.2 Å². The number of benzene rings is 1. The van der Waals surface area contributed by atoms with E-state index in [0.29, 0.717) is 11.0 Å². The van der Waals surface area contributed by atoms with Gasteiger partial charge in [0.1, 0.15) is 0 Å². The maximum absolute atomic E-state index is 12.2. The minimum absolute atomic E-state index is 0.0284. The van der Waals surface area contributed by atoms with Crippen LogP contribution in [-0.2, 0) is 10.0 Å². The Bertz CT molecular complexity index is 528. The van der Waals surface area contributed by atoms with E-state index in [0.717, 1.165) is 23.9 Å². The van der Waals surface area contributed by atoms with Crippen molar-refractivity contribution in [2.75, 3.05) is 13.1 Å². The maximum atomic E-state index is 12.2. The van der Waals surface area contributed by atoms with E-state index in [2.05, 4.69) is 41.9 Å². The highest BCUT2D eigenvalue weighted by Gasteiger charge is 2.23. The molecule has 0 aliphatic carbocycles. The highest BCUT2D eigenvalue weighted by atomic mass is 79.9. The molecule has 0 spiro atoms. The van der Waals surface area contributed by atoms with Crippen LogP contribution in [0.3, 0.4) is 0 Å². The predicted molar refractivity (Wildman–Crippen MR) is 78.1 cm³/mol. The van der Waals surface area contributed by atoms with E-state index in [1.165, 1.54) is 0 Å². The highest BCUT2D eigenvalue weighted by Crippen LogP contribution is 2.26. The summed E-state index contributed by atoms with van der Waals surface area (Å²) in [5.41, 5.74) is 0. The number of rotatable bonds is 3. The molecule has 1 saturated heterocycles. The Kier molecular flexibility index (Phi) is 4.82. The zero-order chi connectivity index (χ0) is 13.2.